The van der Waals surface area contributed by atoms with Crippen LogP contribution in [-0.4, -0.2) is 27.8 Å². The molecule has 0 aromatic carbocycles. The second kappa shape index (κ2) is 4.91. The molecule has 4 nitrogen and oxygen atoms in total. The van der Waals surface area contributed by atoms with Crippen LogP contribution < -0.4 is 5.73 Å². The third-order valence-electron chi connectivity index (χ3n) is 1.76. The van der Waals surface area contributed by atoms with Crippen molar-refractivity contribution in [2.45, 2.75) is 12.2 Å². The van der Waals surface area contributed by atoms with Gasteiger partial charge < -0.3 is 15.9 Å². The Hall–Kier alpha value is -0.390. The van der Waals surface area contributed by atoms with Crippen LogP contribution in [0.3, 0.4) is 0 Å². The number of nitrogens with two attached hydrogens (primary N) is 1. The van der Waals surface area contributed by atoms with E-state index in [0.29, 0.717) is 5.02 Å². The van der Waals surface area contributed by atoms with E-state index in [9.17, 15) is 10.2 Å². The van der Waals surface area contributed by atoms with Gasteiger partial charge in [-0.3, -0.25) is 0 Å². The zero-order valence-corrected chi connectivity index (χ0v) is 8.70. The second-order valence-electron chi connectivity index (χ2n) is 2.78. The van der Waals surface area contributed by atoms with E-state index in [-0.39, 0.29) is 17.3 Å². The average molecular weight is 237 g/mol. The zero-order valence-electron chi connectivity index (χ0n) is 7.19. The van der Waals surface area contributed by atoms with Crippen molar-refractivity contribution < 1.29 is 10.2 Å². The fourth-order valence-electron chi connectivity index (χ4n) is 0.982. The fourth-order valence-corrected chi connectivity index (χ4v) is 1.36. The number of hydrogen-bond acceptors (Lipinski definition) is 4. The van der Waals surface area contributed by atoms with Crippen LogP contribution in [-0.2, 0) is 0 Å². The lowest BCUT2D eigenvalue weighted by atomic mass is 10.1. The predicted octanol–water partition coefficient (Wildman–Crippen LogP) is 0.741. The first-order chi connectivity index (χ1) is 6.56. The van der Waals surface area contributed by atoms with Crippen molar-refractivity contribution in [1.82, 2.24) is 4.98 Å². The number of rotatable bonds is 3. The Morgan fingerprint density at radius 3 is 2.64 bits per heavy atom. The van der Waals surface area contributed by atoms with Gasteiger partial charge in [-0.15, -0.1) is 0 Å². The van der Waals surface area contributed by atoms with E-state index in [1.54, 1.807) is 0 Å². The summed E-state index contributed by atoms with van der Waals surface area (Å²) in [4.78, 5) is 3.74. The molecule has 14 heavy (non-hydrogen) atoms. The average Bonchev–Trinajstić information content (AvgIpc) is 2.19. The van der Waals surface area contributed by atoms with Crippen molar-refractivity contribution >= 4 is 23.2 Å². The molecule has 0 aliphatic rings. The minimum absolute atomic E-state index is 0.0655. The fraction of sp³-hybridized carbons (Fsp3) is 0.375. The summed E-state index contributed by atoms with van der Waals surface area (Å²) in [6.45, 7) is -0.0655. The molecule has 2 atom stereocenters. The number of nitrogens with zero attached hydrogens (tertiary/aromatic N) is 1. The molecule has 1 aromatic rings. The van der Waals surface area contributed by atoms with E-state index in [1.807, 2.05) is 0 Å². The van der Waals surface area contributed by atoms with Gasteiger partial charge in [0.15, 0.2) is 0 Å². The van der Waals surface area contributed by atoms with Gasteiger partial charge in [0.1, 0.15) is 11.3 Å². The number of halogens is 2. The van der Waals surface area contributed by atoms with E-state index < -0.39 is 12.2 Å². The molecule has 0 amide bonds. The molecule has 2 unspecified atom stereocenters. The van der Waals surface area contributed by atoms with Crippen molar-refractivity contribution in [1.29, 1.82) is 0 Å². The first kappa shape index (κ1) is 11.7. The molecule has 1 aromatic heterocycles. The highest BCUT2D eigenvalue weighted by Crippen LogP contribution is 2.25. The van der Waals surface area contributed by atoms with E-state index >= 15 is 0 Å². The SMILES string of the molecule is NCC(O)C(O)c1cc(Cl)cnc1Cl. The molecule has 0 spiro atoms. The Kier molecular flexibility index (Phi) is 4.10. The summed E-state index contributed by atoms with van der Waals surface area (Å²) in [5, 5.41) is 19.3. The van der Waals surface area contributed by atoms with E-state index in [4.69, 9.17) is 28.9 Å². The summed E-state index contributed by atoms with van der Waals surface area (Å²) >= 11 is 11.4. The van der Waals surface area contributed by atoms with Crippen LogP contribution >= 0.6 is 23.2 Å². The zero-order chi connectivity index (χ0) is 10.7. The van der Waals surface area contributed by atoms with Gasteiger partial charge in [0.05, 0.1) is 11.1 Å². The lowest BCUT2D eigenvalue weighted by Gasteiger charge is -2.16. The molecular formula is C8H10Cl2N2O2. The normalized spacial score (nSPS) is 15.2. The Balaban J connectivity index is 2.99. The van der Waals surface area contributed by atoms with E-state index in [1.165, 1.54) is 12.3 Å². The smallest absolute Gasteiger partial charge is 0.135 e. The monoisotopic (exact) mass is 236 g/mol. The maximum Gasteiger partial charge on any atom is 0.135 e. The summed E-state index contributed by atoms with van der Waals surface area (Å²) < 4.78 is 0. The summed E-state index contributed by atoms with van der Waals surface area (Å²) in [6.07, 6.45) is -0.888. The lowest BCUT2D eigenvalue weighted by Crippen LogP contribution is -2.27. The van der Waals surface area contributed by atoms with Gasteiger partial charge in [0.2, 0.25) is 0 Å². The molecule has 0 saturated carbocycles. The van der Waals surface area contributed by atoms with Crippen LogP contribution in [0.2, 0.25) is 10.2 Å². The van der Waals surface area contributed by atoms with Crippen molar-refractivity contribution in [3.63, 3.8) is 0 Å². The minimum Gasteiger partial charge on any atom is -0.389 e. The van der Waals surface area contributed by atoms with Gasteiger partial charge in [-0.05, 0) is 6.07 Å². The van der Waals surface area contributed by atoms with Gasteiger partial charge in [-0.1, -0.05) is 23.2 Å². The van der Waals surface area contributed by atoms with Crippen LogP contribution in [0, 0.1) is 0 Å². The highest BCUT2D eigenvalue weighted by atomic mass is 35.5. The summed E-state index contributed by atoms with van der Waals surface area (Å²) in [6, 6.07) is 1.44. The molecule has 0 fully saturated rings. The number of aliphatic hydroxyl groups is 2. The first-order valence-corrected chi connectivity index (χ1v) is 4.69. The van der Waals surface area contributed by atoms with E-state index in [0.717, 1.165) is 0 Å². The molecular weight excluding hydrogens is 227 g/mol. The molecule has 0 aliphatic carbocycles. The van der Waals surface area contributed by atoms with Crippen molar-refractivity contribution in [3.05, 3.63) is 28.0 Å². The largest absolute Gasteiger partial charge is 0.389 e. The van der Waals surface area contributed by atoms with E-state index in [2.05, 4.69) is 4.98 Å². The van der Waals surface area contributed by atoms with Crippen molar-refractivity contribution in [2.24, 2.45) is 5.73 Å². The Morgan fingerprint density at radius 2 is 2.07 bits per heavy atom. The first-order valence-electron chi connectivity index (χ1n) is 3.93. The van der Waals surface area contributed by atoms with Crippen molar-refractivity contribution in [3.8, 4) is 0 Å². The molecule has 4 N–H and O–H groups in total. The molecule has 78 valence electrons. The molecule has 0 radical (unpaired) electrons. The minimum atomic E-state index is -1.17. The van der Waals surface area contributed by atoms with Gasteiger partial charge in [-0.25, -0.2) is 4.98 Å². The Labute approximate surface area is 91.3 Å². The molecule has 1 rings (SSSR count). The molecule has 6 heteroatoms. The van der Waals surface area contributed by atoms with Gasteiger partial charge in [0.25, 0.3) is 0 Å². The number of hydrogen-bond donors (Lipinski definition) is 3. The van der Waals surface area contributed by atoms with Crippen molar-refractivity contribution in [2.75, 3.05) is 6.54 Å². The maximum absolute atomic E-state index is 9.58. The number of pyridine rings is 1. The quantitative estimate of drug-likeness (QED) is 0.677. The Bertz CT molecular complexity index is 322. The van der Waals surface area contributed by atoms with Gasteiger partial charge in [0, 0.05) is 18.3 Å². The summed E-state index contributed by atoms with van der Waals surface area (Å²) in [5.74, 6) is 0. The Morgan fingerprint density at radius 1 is 1.43 bits per heavy atom. The topological polar surface area (TPSA) is 79.4 Å². The highest BCUT2D eigenvalue weighted by molar-refractivity contribution is 6.32. The highest BCUT2D eigenvalue weighted by Gasteiger charge is 2.20. The van der Waals surface area contributed by atoms with Gasteiger partial charge >= 0.3 is 0 Å². The van der Waals surface area contributed by atoms with Crippen LogP contribution in [0.5, 0.6) is 0 Å². The van der Waals surface area contributed by atoms with Gasteiger partial charge in [-0.2, -0.15) is 0 Å². The molecule has 0 aliphatic heterocycles. The molecule has 1 heterocycles. The third kappa shape index (κ3) is 2.56. The number of aromatic nitrogens is 1. The summed E-state index contributed by atoms with van der Waals surface area (Å²) in [7, 11) is 0. The van der Waals surface area contributed by atoms with Crippen LogP contribution in [0.25, 0.3) is 0 Å². The molecule has 0 bridgehead atoms. The molecule has 0 saturated heterocycles. The summed E-state index contributed by atoms with van der Waals surface area (Å²) in [5.41, 5.74) is 5.47. The second-order valence-corrected chi connectivity index (χ2v) is 3.58. The maximum atomic E-state index is 9.58. The third-order valence-corrected chi connectivity index (χ3v) is 2.28. The van der Waals surface area contributed by atoms with Crippen LogP contribution in [0.1, 0.15) is 11.7 Å². The standard InChI is InChI=1S/C8H10Cl2N2O2/c9-4-1-5(8(10)12-3-4)7(14)6(13)2-11/h1,3,6-7,13-14H,2,11H2. The van der Waals surface area contributed by atoms with Crippen LogP contribution in [0.15, 0.2) is 12.3 Å². The van der Waals surface area contributed by atoms with Crippen LogP contribution in [0.4, 0.5) is 0 Å². The predicted molar refractivity (Wildman–Crippen MR) is 54.3 cm³/mol. The lowest BCUT2D eigenvalue weighted by molar-refractivity contribution is 0.0242. The number of aliphatic hydroxyl groups excluding tert-OH is 2.